The number of ether oxygens (including phenoxy) is 1. The molecule has 1 aliphatic rings. The molecule has 0 atom stereocenters. The van der Waals surface area contributed by atoms with Crippen LogP contribution in [0, 0.1) is 0 Å². The average molecular weight is 309 g/mol. The van der Waals surface area contributed by atoms with Gasteiger partial charge in [0.15, 0.2) is 0 Å². The highest BCUT2D eigenvalue weighted by Crippen LogP contribution is 2.21. The molecular weight excluding hydrogens is 282 g/mol. The van der Waals surface area contributed by atoms with E-state index in [1.165, 1.54) is 37.1 Å². The summed E-state index contributed by atoms with van der Waals surface area (Å²) in [7, 11) is 1.72. The Labute approximate surface area is 140 Å². The Kier molecular flexibility index (Phi) is 5.35. The highest BCUT2D eigenvalue weighted by molar-refractivity contribution is 5.34. The van der Waals surface area contributed by atoms with E-state index in [9.17, 15) is 0 Å². The van der Waals surface area contributed by atoms with Crippen LogP contribution in [0.2, 0.25) is 0 Å². The summed E-state index contributed by atoms with van der Waals surface area (Å²) in [6.07, 6.45) is 4.68. The van der Waals surface area contributed by atoms with Gasteiger partial charge in [0.1, 0.15) is 5.75 Å². The van der Waals surface area contributed by atoms with Crippen LogP contribution in [0.1, 0.15) is 35.6 Å². The summed E-state index contributed by atoms with van der Waals surface area (Å²) in [5.74, 6) is 0.938. The molecule has 0 fully saturated rings. The molecule has 0 saturated heterocycles. The summed E-state index contributed by atoms with van der Waals surface area (Å²) in [5, 5.41) is 0. The largest absolute Gasteiger partial charge is 0.497 e. The highest BCUT2D eigenvalue weighted by atomic mass is 16.5. The van der Waals surface area contributed by atoms with Crippen LogP contribution in [0.15, 0.2) is 42.5 Å². The first-order chi connectivity index (χ1) is 11.3. The van der Waals surface area contributed by atoms with Crippen LogP contribution in [0.3, 0.4) is 0 Å². The third-order valence-corrected chi connectivity index (χ3v) is 4.87. The summed E-state index contributed by atoms with van der Waals surface area (Å²) >= 11 is 0. The maximum atomic E-state index is 5.21. The Bertz CT molecular complexity index is 633. The number of benzene rings is 2. The van der Waals surface area contributed by atoms with Crippen LogP contribution in [0.25, 0.3) is 0 Å². The maximum Gasteiger partial charge on any atom is 0.118 e. The van der Waals surface area contributed by atoms with Gasteiger partial charge in [-0.2, -0.15) is 0 Å². The first-order valence-electron chi connectivity index (χ1n) is 8.74. The standard InChI is InChI=1S/C21H27NO/c1-3-17-6-9-19-12-14-22(16-20(19)15-17)13-4-5-18-7-10-21(23-2)11-8-18/h6-11,15H,3-5,12-14,16H2,1-2H3. The Hall–Kier alpha value is -1.80. The monoisotopic (exact) mass is 309 g/mol. The molecule has 0 aliphatic carbocycles. The Morgan fingerprint density at radius 2 is 1.78 bits per heavy atom. The number of hydrogen-bond acceptors (Lipinski definition) is 2. The van der Waals surface area contributed by atoms with E-state index < -0.39 is 0 Å². The minimum Gasteiger partial charge on any atom is -0.497 e. The van der Waals surface area contributed by atoms with Gasteiger partial charge in [-0.25, -0.2) is 0 Å². The smallest absolute Gasteiger partial charge is 0.118 e. The lowest BCUT2D eigenvalue weighted by Gasteiger charge is -2.29. The van der Waals surface area contributed by atoms with Crippen molar-refractivity contribution in [3.63, 3.8) is 0 Å². The molecule has 23 heavy (non-hydrogen) atoms. The number of aryl methyl sites for hydroxylation is 2. The van der Waals surface area contributed by atoms with Gasteiger partial charge in [-0.1, -0.05) is 37.3 Å². The Balaban J connectivity index is 1.51. The van der Waals surface area contributed by atoms with E-state index in [0.29, 0.717) is 0 Å². The van der Waals surface area contributed by atoms with Gasteiger partial charge in [0.05, 0.1) is 7.11 Å². The van der Waals surface area contributed by atoms with Gasteiger partial charge in [-0.3, -0.25) is 4.90 Å². The molecule has 1 aliphatic heterocycles. The minimum absolute atomic E-state index is 0.938. The molecule has 2 heteroatoms. The Morgan fingerprint density at radius 1 is 1.00 bits per heavy atom. The van der Waals surface area contributed by atoms with Crippen molar-refractivity contribution in [2.75, 3.05) is 20.2 Å². The van der Waals surface area contributed by atoms with Crippen LogP contribution in [-0.2, 0) is 25.8 Å². The summed E-state index contributed by atoms with van der Waals surface area (Å²) in [5.41, 5.74) is 5.95. The zero-order valence-electron chi connectivity index (χ0n) is 14.3. The fourth-order valence-corrected chi connectivity index (χ4v) is 3.38. The second-order valence-corrected chi connectivity index (χ2v) is 6.43. The second kappa shape index (κ2) is 7.65. The van der Waals surface area contributed by atoms with Crippen molar-refractivity contribution in [2.45, 2.75) is 39.2 Å². The summed E-state index contributed by atoms with van der Waals surface area (Å²) < 4.78 is 5.21. The molecular formula is C21H27NO. The number of hydrogen-bond donors (Lipinski definition) is 0. The van der Waals surface area contributed by atoms with Crippen LogP contribution < -0.4 is 4.74 Å². The maximum absolute atomic E-state index is 5.21. The molecule has 2 aromatic rings. The highest BCUT2D eigenvalue weighted by Gasteiger charge is 2.15. The predicted molar refractivity (Wildman–Crippen MR) is 96.1 cm³/mol. The van der Waals surface area contributed by atoms with Crippen molar-refractivity contribution < 1.29 is 4.74 Å². The molecule has 0 N–H and O–H groups in total. The molecule has 0 bridgehead atoms. The van der Waals surface area contributed by atoms with E-state index in [1.54, 1.807) is 18.2 Å². The number of nitrogens with zero attached hydrogens (tertiary/aromatic N) is 1. The lowest BCUT2D eigenvalue weighted by Crippen LogP contribution is -2.31. The number of methoxy groups -OCH3 is 1. The van der Waals surface area contributed by atoms with Crippen LogP contribution in [0.5, 0.6) is 5.75 Å². The molecule has 0 unspecified atom stereocenters. The molecule has 1 heterocycles. The predicted octanol–water partition coefficient (Wildman–Crippen LogP) is 4.25. The molecule has 0 saturated carbocycles. The van der Waals surface area contributed by atoms with Gasteiger partial charge in [0.25, 0.3) is 0 Å². The first kappa shape index (κ1) is 16.1. The first-order valence-corrected chi connectivity index (χ1v) is 8.74. The molecule has 0 radical (unpaired) electrons. The Morgan fingerprint density at radius 3 is 2.52 bits per heavy atom. The van der Waals surface area contributed by atoms with Crippen LogP contribution >= 0.6 is 0 Å². The van der Waals surface area contributed by atoms with E-state index in [0.717, 1.165) is 25.1 Å². The van der Waals surface area contributed by atoms with E-state index in [1.807, 2.05) is 0 Å². The van der Waals surface area contributed by atoms with Gasteiger partial charge >= 0.3 is 0 Å². The van der Waals surface area contributed by atoms with E-state index in [2.05, 4.69) is 54.3 Å². The molecule has 0 spiro atoms. The molecule has 2 aromatic carbocycles. The fraction of sp³-hybridized carbons (Fsp3) is 0.429. The lowest BCUT2D eigenvalue weighted by molar-refractivity contribution is 0.251. The quantitative estimate of drug-likeness (QED) is 0.791. The van der Waals surface area contributed by atoms with E-state index in [-0.39, 0.29) is 0 Å². The third kappa shape index (κ3) is 4.14. The van der Waals surface area contributed by atoms with Crippen molar-refractivity contribution >= 4 is 0 Å². The average Bonchev–Trinajstić information content (AvgIpc) is 2.61. The van der Waals surface area contributed by atoms with Gasteiger partial charge in [0.2, 0.25) is 0 Å². The van der Waals surface area contributed by atoms with Gasteiger partial charge in [-0.05, 0) is 66.6 Å². The summed E-state index contributed by atoms with van der Waals surface area (Å²) in [6.45, 7) is 5.73. The van der Waals surface area contributed by atoms with Crippen molar-refractivity contribution in [2.24, 2.45) is 0 Å². The van der Waals surface area contributed by atoms with Gasteiger partial charge in [-0.15, -0.1) is 0 Å². The third-order valence-electron chi connectivity index (χ3n) is 4.87. The van der Waals surface area contributed by atoms with Crippen LogP contribution in [-0.4, -0.2) is 25.1 Å². The number of fused-ring (bicyclic) bond motifs is 1. The van der Waals surface area contributed by atoms with Crippen molar-refractivity contribution in [3.05, 3.63) is 64.7 Å². The topological polar surface area (TPSA) is 12.5 Å². The molecule has 2 nitrogen and oxygen atoms in total. The normalized spacial score (nSPS) is 14.5. The molecule has 3 rings (SSSR count). The van der Waals surface area contributed by atoms with Gasteiger partial charge in [0, 0.05) is 13.1 Å². The van der Waals surface area contributed by atoms with Gasteiger partial charge < -0.3 is 4.74 Å². The fourth-order valence-electron chi connectivity index (χ4n) is 3.38. The van der Waals surface area contributed by atoms with Crippen LogP contribution in [0.4, 0.5) is 0 Å². The number of rotatable bonds is 6. The molecule has 122 valence electrons. The SMILES string of the molecule is CCc1ccc2c(c1)CN(CCCc1ccc(OC)cc1)CC2. The van der Waals surface area contributed by atoms with E-state index >= 15 is 0 Å². The second-order valence-electron chi connectivity index (χ2n) is 6.43. The zero-order valence-corrected chi connectivity index (χ0v) is 14.3. The lowest BCUT2D eigenvalue weighted by atomic mass is 9.96. The summed E-state index contributed by atoms with van der Waals surface area (Å²) in [6, 6.07) is 15.5. The van der Waals surface area contributed by atoms with Crippen molar-refractivity contribution in [3.8, 4) is 5.75 Å². The summed E-state index contributed by atoms with van der Waals surface area (Å²) in [4.78, 5) is 2.60. The van der Waals surface area contributed by atoms with E-state index in [4.69, 9.17) is 4.74 Å². The zero-order chi connectivity index (χ0) is 16.1. The molecule has 0 amide bonds. The minimum atomic E-state index is 0.938. The molecule has 0 aromatic heterocycles. The van der Waals surface area contributed by atoms with Crippen molar-refractivity contribution in [1.82, 2.24) is 4.90 Å². The van der Waals surface area contributed by atoms with Crippen molar-refractivity contribution in [1.29, 1.82) is 0 Å².